The molecule has 2 aromatic rings. The van der Waals surface area contributed by atoms with Crippen LogP contribution in [-0.4, -0.2) is 43.1 Å². The molecule has 10 heteroatoms. The molecule has 7 nitrogen and oxygen atoms in total. The van der Waals surface area contributed by atoms with Crippen molar-refractivity contribution in [3.05, 3.63) is 30.2 Å². The Morgan fingerprint density at radius 1 is 1.39 bits per heavy atom. The summed E-state index contributed by atoms with van der Waals surface area (Å²) < 4.78 is 59.8. The van der Waals surface area contributed by atoms with Crippen LogP contribution in [-0.2, 0) is 10.0 Å². The first-order chi connectivity index (χ1) is 10.9. The van der Waals surface area contributed by atoms with Crippen molar-refractivity contribution in [2.24, 2.45) is 0 Å². The van der Waals surface area contributed by atoms with E-state index in [1.54, 1.807) is 6.07 Å². The van der Waals surface area contributed by atoms with Gasteiger partial charge in [0.05, 0.1) is 5.56 Å². The second-order valence-electron chi connectivity index (χ2n) is 4.97. The molecule has 1 aliphatic heterocycles. The van der Waals surface area contributed by atoms with Gasteiger partial charge in [0.2, 0.25) is 21.7 Å². The minimum atomic E-state index is -3.53. The molecule has 23 heavy (non-hydrogen) atoms. The molecular formula is C13H13F2N3O4S. The summed E-state index contributed by atoms with van der Waals surface area (Å²) in [4.78, 5) is 4.05. The summed E-state index contributed by atoms with van der Waals surface area (Å²) in [5, 5.41) is 2.78. The topological polar surface area (TPSA) is 85.5 Å². The minimum Gasteiger partial charge on any atom is -0.434 e. The van der Waals surface area contributed by atoms with Gasteiger partial charge in [0, 0.05) is 13.6 Å². The number of alkyl halides is 2. The smallest absolute Gasteiger partial charge is 0.387 e. The van der Waals surface area contributed by atoms with E-state index in [4.69, 9.17) is 4.52 Å². The van der Waals surface area contributed by atoms with Crippen molar-refractivity contribution in [2.75, 3.05) is 13.6 Å². The summed E-state index contributed by atoms with van der Waals surface area (Å²) in [6, 6.07) is 5.96. The number of rotatable bonds is 4. The van der Waals surface area contributed by atoms with Gasteiger partial charge >= 0.3 is 6.61 Å². The summed E-state index contributed by atoms with van der Waals surface area (Å²) in [5.41, 5.74) is 0.201. The second-order valence-corrected chi connectivity index (χ2v) is 7.20. The Balaban J connectivity index is 1.95. The monoisotopic (exact) mass is 345 g/mol. The van der Waals surface area contributed by atoms with E-state index in [1.807, 2.05) is 0 Å². The van der Waals surface area contributed by atoms with Crippen LogP contribution in [0.15, 0.2) is 28.8 Å². The normalized spacial score (nSPS) is 21.0. The number of nitrogens with zero attached hydrogens (tertiary/aromatic N) is 3. The molecule has 124 valence electrons. The number of ether oxygens (including phenoxy) is 1. The third-order valence-corrected chi connectivity index (χ3v) is 5.77. The van der Waals surface area contributed by atoms with Gasteiger partial charge in [-0.3, -0.25) is 0 Å². The summed E-state index contributed by atoms with van der Waals surface area (Å²) >= 11 is 0. The maximum absolute atomic E-state index is 12.4. The lowest BCUT2D eigenvalue weighted by atomic mass is 10.2. The highest BCUT2D eigenvalue weighted by atomic mass is 32.2. The zero-order valence-corrected chi connectivity index (χ0v) is 12.8. The highest BCUT2D eigenvalue weighted by Crippen LogP contribution is 2.35. The number of hydrogen-bond donors (Lipinski definition) is 0. The number of hydrogen-bond acceptors (Lipinski definition) is 6. The van der Waals surface area contributed by atoms with Crippen molar-refractivity contribution < 1.29 is 26.5 Å². The van der Waals surface area contributed by atoms with Gasteiger partial charge in [-0.15, -0.1) is 0 Å². The molecule has 1 atom stereocenters. The summed E-state index contributed by atoms with van der Waals surface area (Å²) in [6.45, 7) is -2.64. The third kappa shape index (κ3) is 2.91. The maximum atomic E-state index is 12.4. The molecule has 0 amide bonds. The van der Waals surface area contributed by atoms with Crippen molar-refractivity contribution in [2.45, 2.75) is 18.3 Å². The van der Waals surface area contributed by atoms with Crippen LogP contribution < -0.4 is 4.74 Å². The summed E-state index contributed by atoms with van der Waals surface area (Å²) in [5.74, 6) is -0.168. The molecule has 1 aromatic heterocycles. The molecule has 3 rings (SSSR count). The van der Waals surface area contributed by atoms with Crippen LogP contribution in [0.2, 0.25) is 0 Å². The maximum Gasteiger partial charge on any atom is 0.387 e. The molecule has 0 spiro atoms. The Morgan fingerprint density at radius 2 is 2.13 bits per heavy atom. The Bertz CT molecular complexity index is 809. The fourth-order valence-electron chi connectivity index (χ4n) is 2.37. The Labute approximate surface area is 130 Å². The first-order valence-electron chi connectivity index (χ1n) is 6.72. The van der Waals surface area contributed by atoms with Crippen molar-refractivity contribution in [1.29, 1.82) is 0 Å². The predicted octanol–water partition coefficient (Wildman–Crippen LogP) is 2.04. The van der Waals surface area contributed by atoms with Gasteiger partial charge < -0.3 is 9.26 Å². The van der Waals surface area contributed by atoms with Gasteiger partial charge in [-0.05, 0) is 18.6 Å². The molecule has 2 heterocycles. The lowest BCUT2D eigenvalue weighted by molar-refractivity contribution is -0.0494. The van der Waals surface area contributed by atoms with Gasteiger partial charge in [-0.2, -0.15) is 13.8 Å². The Hall–Kier alpha value is -2.07. The van der Waals surface area contributed by atoms with E-state index in [1.165, 1.54) is 29.6 Å². The molecular weight excluding hydrogens is 332 g/mol. The quantitative estimate of drug-likeness (QED) is 0.843. The van der Waals surface area contributed by atoms with E-state index < -0.39 is 21.9 Å². The molecule has 1 aromatic carbocycles. The molecule has 0 bridgehead atoms. The van der Waals surface area contributed by atoms with Gasteiger partial charge in [0.15, 0.2) is 5.25 Å². The van der Waals surface area contributed by atoms with Gasteiger partial charge in [-0.1, -0.05) is 17.3 Å². The molecule has 1 unspecified atom stereocenters. The number of para-hydroxylation sites is 1. The van der Waals surface area contributed by atoms with Gasteiger partial charge in [-0.25, -0.2) is 12.7 Å². The first kappa shape index (κ1) is 15.8. The fraction of sp³-hybridized carbons (Fsp3) is 0.385. The SMILES string of the molecule is CN1CCC(c2nc(-c3ccccc3OC(F)F)no2)S1(=O)=O. The van der Waals surface area contributed by atoms with Crippen LogP contribution in [0.1, 0.15) is 17.6 Å². The third-order valence-electron chi connectivity index (χ3n) is 3.56. The van der Waals surface area contributed by atoms with E-state index in [2.05, 4.69) is 14.9 Å². The lowest BCUT2D eigenvalue weighted by Gasteiger charge is -2.08. The molecule has 1 aliphatic rings. The zero-order valence-electron chi connectivity index (χ0n) is 12.0. The van der Waals surface area contributed by atoms with Crippen molar-refractivity contribution in [1.82, 2.24) is 14.4 Å². The standard InChI is InChI=1S/C13H13F2N3O4S/c1-18-7-6-10(23(18,19)20)12-16-11(17-22-12)8-4-2-3-5-9(8)21-13(14)15/h2-5,10,13H,6-7H2,1H3. The molecule has 0 N–H and O–H groups in total. The van der Waals surface area contributed by atoms with Crippen LogP contribution in [0.25, 0.3) is 11.4 Å². The van der Waals surface area contributed by atoms with E-state index >= 15 is 0 Å². The highest BCUT2D eigenvalue weighted by Gasteiger charge is 2.41. The summed E-state index contributed by atoms with van der Waals surface area (Å²) in [7, 11) is -2.06. The van der Waals surface area contributed by atoms with Gasteiger partial charge in [0.1, 0.15) is 5.75 Å². The molecule has 0 radical (unpaired) electrons. The average Bonchev–Trinajstić information content (AvgIpc) is 3.05. The van der Waals surface area contributed by atoms with Gasteiger partial charge in [0.25, 0.3) is 0 Å². The van der Waals surface area contributed by atoms with E-state index in [0.717, 1.165) is 0 Å². The number of aromatic nitrogens is 2. The lowest BCUT2D eigenvalue weighted by Crippen LogP contribution is -2.22. The van der Waals surface area contributed by atoms with Crippen LogP contribution in [0, 0.1) is 0 Å². The average molecular weight is 345 g/mol. The highest BCUT2D eigenvalue weighted by molar-refractivity contribution is 7.89. The largest absolute Gasteiger partial charge is 0.434 e. The first-order valence-corrected chi connectivity index (χ1v) is 8.23. The van der Waals surface area contributed by atoms with Crippen molar-refractivity contribution in [3.8, 4) is 17.1 Å². The molecule has 1 saturated heterocycles. The van der Waals surface area contributed by atoms with E-state index in [-0.39, 0.29) is 23.0 Å². The molecule has 0 saturated carbocycles. The molecule has 1 fully saturated rings. The number of sulfonamides is 1. The van der Waals surface area contributed by atoms with Crippen molar-refractivity contribution in [3.63, 3.8) is 0 Å². The molecule has 0 aliphatic carbocycles. The minimum absolute atomic E-state index is 0.000929. The number of benzene rings is 1. The van der Waals surface area contributed by atoms with E-state index in [9.17, 15) is 17.2 Å². The zero-order chi connectivity index (χ0) is 16.6. The predicted molar refractivity (Wildman–Crippen MR) is 75.3 cm³/mol. The van der Waals surface area contributed by atoms with Crippen molar-refractivity contribution >= 4 is 10.0 Å². The van der Waals surface area contributed by atoms with Crippen LogP contribution in [0.4, 0.5) is 8.78 Å². The summed E-state index contributed by atoms with van der Waals surface area (Å²) in [6.07, 6.45) is 0.329. The van der Waals surface area contributed by atoms with Crippen LogP contribution in [0.5, 0.6) is 5.75 Å². The Morgan fingerprint density at radius 3 is 2.78 bits per heavy atom. The van der Waals surface area contributed by atoms with Crippen LogP contribution >= 0.6 is 0 Å². The van der Waals surface area contributed by atoms with Crippen LogP contribution in [0.3, 0.4) is 0 Å². The van der Waals surface area contributed by atoms with E-state index in [0.29, 0.717) is 13.0 Å². The second kappa shape index (κ2) is 5.85. The Kier molecular flexibility index (Phi) is 4.02. The fourth-order valence-corrected chi connectivity index (χ4v) is 3.92. The number of halogens is 2.